The molecule has 0 radical (unpaired) electrons. The highest BCUT2D eigenvalue weighted by atomic mass is 35.5. The molecule has 0 bridgehead atoms. The number of carbonyl (C=O) groups excluding carboxylic acids is 1. The van der Waals surface area contributed by atoms with Crippen LogP contribution in [0.2, 0.25) is 5.02 Å². The Morgan fingerprint density at radius 3 is 2.59 bits per heavy atom. The molecule has 2 aromatic rings. The Morgan fingerprint density at radius 2 is 1.90 bits per heavy atom. The molecule has 2 unspecified atom stereocenters. The standard InChI is InChI=1S/C21H26ClN5O2/c1-11-8-26-14(9-24(11)3)10-27(20(28)13-5-6-13)18-17(26)15-7-16(22)12(2)23-19(15)25(4)21(18)29/h7,11,13-14H,5-6,8-10H2,1-4H3. The third-order valence-corrected chi connectivity index (χ3v) is 7.11. The number of aryl methyl sites for hydroxylation is 2. The highest BCUT2D eigenvalue weighted by molar-refractivity contribution is 6.32. The number of aromatic nitrogens is 2. The number of anilines is 2. The molecule has 2 fully saturated rings. The lowest BCUT2D eigenvalue weighted by Gasteiger charge is -2.50. The van der Waals surface area contributed by atoms with Crippen LogP contribution in [0, 0.1) is 12.8 Å². The number of amides is 1. The number of carbonyl (C=O) groups is 1. The van der Waals surface area contributed by atoms with Gasteiger partial charge in [-0.1, -0.05) is 11.6 Å². The third-order valence-electron chi connectivity index (χ3n) is 6.73. The van der Waals surface area contributed by atoms with Crippen molar-refractivity contribution in [3.8, 4) is 0 Å². The SMILES string of the molecule is Cc1nc2c(cc1Cl)c1c(c(=O)n2C)N(C(=O)C2CC2)CC2CN(C)C(C)CN12. The van der Waals surface area contributed by atoms with E-state index in [2.05, 4.69) is 28.8 Å². The minimum absolute atomic E-state index is 0.0507. The number of pyridine rings is 2. The molecule has 0 N–H and O–H groups in total. The summed E-state index contributed by atoms with van der Waals surface area (Å²) in [6, 6.07) is 2.39. The zero-order valence-electron chi connectivity index (χ0n) is 17.3. The first-order valence-corrected chi connectivity index (χ1v) is 10.6. The Bertz CT molecular complexity index is 1090. The second kappa shape index (κ2) is 6.44. The number of piperazine rings is 1. The number of fused-ring (bicyclic) bond motifs is 5. The first-order valence-electron chi connectivity index (χ1n) is 10.3. The molecule has 2 atom stereocenters. The molecule has 7 nitrogen and oxygen atoms in total. The average molecular weight is 416 g/mol. The fraction of sp³-hybridized carbons (Fsp3) is 0.571. The molecule has 2 aromatic heterocycles. The molecular formula is C21H26ClN5O2. The van der Waals surface area contributed by atoms with Crippen molar-refractivity contribution in [3.63, 3.8) is 0 Å². The highest BCUT2D eigenvalue weighted by Gasteiger charge is 2.44. The van der Waals surface area contributed by atoms with Crippen molar-refractivity contribution < 1.29 is 4.79 Å². The summed E-state index contributed by atoms with van der Waals surface area (Å²) < 4.78 is 1.56. The van der Waals surface area contributed by atoms with Crippen LogP contribution in [-0.4, -0.2) is 59.1 Å². The molecule has 3 aliphatic rings. The lowest BCUT2D eigenvalue weighted by atomic mass is 9.99. The number of likely N-dealkylation sites (N-methyl/N-ethyl adjacent to an activating group) is 1. The molecular weight excluding hydrogens is 390 g/mol. The van der Waals surface area contributed by atoms with Crippen molar-refractivity contribution in [1.29, 1.82) is 0 Å². The minimum atomic E-state index is -0.166. The van der Waals surface area contributed by atoms with Crippen LogP contribution in [0.1, 0.15) is 25.5 Å². The van der Waals surface area contributed by atoms with Crippen molar-refractivity contribution >= 4 is 39.9 Å². The van der Waals surface area contributed by atoms with Crippen LogP contribution in [0.5, 0.6) is 0 Å². The van der Waals surface area contributed by atoms with E-state index in [-0.39, 0.29) is 23.4 Å². The van der Waals surface area contributed by atoms with Crippen LogP contribution < -0.4 is 15.4 Å². The van der Waals surface area contributed by atoms with Crippen molar-refractivity contribution in [2.45, 2.75) is 38.8 Å². The Morgan fingerprint density at radius 1 is 1.17 bits per heavy atom. The van der Waals surface area contributed by atoms with Crippen molar-refractivity contribution in [2.24, 2.45) is 13.0 Å². The maximum Gasteiger partial charge on any atom is 0.278 e. The van der Waals surface area contributed by atoms with Crippen LogP contribution in [0.3, 0.4) is 0 Å². The summed E-state index contributed by atoms with van der Waals surface area (Å²) in [4.78, 5) is 37.6. The van der Waals surface area contributed by atoms with Crippen LogP contribution in [0.15, 0.2) is 10.9 Å². The number of hydrogen-bond acceptors (Lipinski definition) is 5. The van der Waals surface area contributed by atoms with E-state index in [0.29, 0.717) is 34.6 Å². The van der Waals surface area contributed by atoms with Gasteiger partial charge in [0.1, 0.15) is 11.3 Å². The zero-order chi connectivity index (χ0) is 20.6. The largest absolute Gasteiger partial charge is 0.361 e. The Balaban J connectivity index is 1.82. The number of nitrogens with zero attached hydrogens (tertiary/aromatic N) is 5. The fourth-order valence-electron chi connectivity index (χ4n) is 4.68. The summed E-state index contributed by atoms with van der Waals surface area (Å²) in [5, 5.41) is 1.41. The molecule has 29 heavy (non-hydrogen) atoms. The molecule has 0 spiro atoms. The van der Waals surface area contributed by atoms with E-state index < -0.39 is 0 Å². The highest BCUT2D eigenvalue weighted by Crippen LogP contribution is 2.43. The van der Waals surface area contributed by atoms with Crippen molar-refractivity contribution in [2.75, 3.05) is 36.5 Å². The van der Waals surface area contributed by atoms with Gasteiger partial charge in [-0.3, -0.25) is 19.1 Å². The molecule has 154 valence electrons. The van der Waals surface area contributed by atoms with E-state index in [1.807, 2.05) is 13.0 Å². The maximum absolute atomic E-state index is 13.5. The third kappa shape index (κ3) is 2.78. The first-order chi connectivity index (χ1) is 13.8. The van der Waals surface area contributed by atoms with Crippen LogP contribution >= 0.6 is 11.6 Å². The van der Waals surface area contributed by atoms with Gasteiger partial charge in [0.15, 0.2) is 0 Å². The maximum atomic E-state index is 13.5. The molecule has 8 heteroatoms. The van der Waals surface area contributed by atoms with Gasteiger partial charge in [-0.2, -0.15) is 0 Å². The van der Waals surface area contributed by atoms with E-state index in [1.165, 1.54) is 0 Å². The molecule has 2 aliphatic heterocycles. The molecule has 1 amide bonds. The van der Waals surface area contributed by atoms with Gasteiger partial charge in [-0.15, -0.1) is 0 Å². The van der Waals surface area contributed by atoms with Gasteiger partial charge in [0.25, 0.3) is 5.56 Å². The topological polar surface area (TPSA) is 61.7 Å². The zero-order valence-corrected chi connectivity index (χ0v) is 18.0. The Labute approximate surface area is 174 Å². The van der Waals surface area contributed by atoms with Gasteiger partial charge in [0.2, 0.25) is 5.91 Å². The van der Waals surface area contributed by atoms with E-state index in [1.54, 1.807) is 16.5 Å². The average Bonchev–Trinajstić information content (AvgIpc) is 3.52. The fourth-order valence-corrected chi connectivity index (χ4v) is 4.83. The predicted molar refractivity (Wildman–Crippen MR) is 115 cm³/mol. The molecule has 0 aromatic carbocycles. The summed E-state index contributed by atoms with van der Waals surface area (Å²) in [5.74, 6) is 0.129. The van der Waals surface area contributed by atoms with Gasteiger partial charge >= 0.3 is 0 Å². The van der Waals surface area contributed by atoms with Gasteiger partial charge < -0.3 is 9.80 Å². The van der Waals surface area contributed by atoms with E-state index in [4.69, 9.17) is 11.6 Å². The van der Waals surface area contributed by atoms with Crippen molar-refractivity contribution in [1.82, 2.24) is 14.5 Å². The molecule has 4 heterocycles. The minimum Gasteiger partial charge on any atom is -0.361 e. The van der Waals surface area contributed by atoms with Gasteiger partial charge in [-0.25, -0.2) is 4.98 Å². The summed E-state index contributed by atoms with van der Waals surface area (Å²) >= 11 is 6.45. The summed E-state index contributed by atoms with van der Waals surface area (Å²) in [7, 11) is 3.85. The normalized spacial score (nSPS) is 24.6. The van der Waals surface area contributed by atoms with Crippen LogP contribution in [0.4, 0.5) is 11.4 Å². The quantitative estimate of drug-likeness (QED) is 0.714. The first kappa shape index (κ1) is 18.9. The number of halogens is 1. The predicted octanol–water partition coefficient (Wildman–Crippen LogP) is 2.16. The monoisotopic (exact) mass is 415 g/mol. The van der Waals surface area contributed by atoms with Gasteiger partial charge in [0.05, 0.1) is 22.4 Å². The van der Waals surface area contributed by atoms with Gasteiger partial charge in [-0.05, 0) is 39.8 Å². The van der Waals surface area contributed by atoms with E-state index in [0.717, 1.165) is 37.0 Å². The molecule has 1 saturated carbocycles. The number of hydrogen-bond donors (Lipinski definition) is 0. The summed E-state index contributed by atoms with van der Waals surface area (Å²) in [6.45, 7) is 6.23. The molecule has 1 saturated heterocycles. The Hall–Kier alpha value is -2.12. The lowest BCUT2D eigenvalue weighted by Crippen LogP contribution is -2.63. The molecule has 1 aliphatic carbocycles. The van der Waals surface area contributed by atoms with Crippen molar-refractivity contribution in [3.05, 3.63) is 27.1 Å². The Kier molecular flexibility index (Phi) is 4.19. The van der Waals surface area contributed by atoms with Crippen LogP contribution in [-0.2, 0) is 11.8 Å². The second-order valence-corrected chi connectivity index (χ2v) is 9.21. The molecule has 5 rings (SSSR count). The second-order valence-electron chi connectivity index (χ2n) is 8.81. The summed E-state index contributed by atoms with van der Waals surface area (Å²) in [6.07, 6.45) is 1.83. The summed E-state index contributed by atoms with van der Waals surface area (Å²) in [5.41, 5.74) is 2.45. The van der Waals surface area contributed by atoms with Gasteiger partial charge in [0, 0.05) is 44.0 Å². The smallest absolute Gasteiger partial charge is 0.278 e. The van der Waals surface area contributed by atoms with E-state index in [9.17, 15) is 9.59 Å². The van der Waals surface area contributed by atoms with Crippen LogP contribution in [0.25, 0.3) is 11.0 Å². The lowest BCUT2D eigenvalue weighted by molar-refractivity contribution is -0.119. The number of rotatable bonds is 1. The van der Waals surface area contributed by atoms with E-state index >= 15 is 0 Å².